The second kappa shape index (κ2) is 3.10. The molecular formula is C14H17N3. The van der Waals surface area contributed by atoms with Crippen molar-refractivity contribution >= 4 is 10.9 Å². The molecule has 3 heteroatoms. The van der Waals surface area contributed by atoms with Crippen LogP contribution in [-0.2, 0) is 19.0 Å². The third-order valence-electron chi connectivity index (χ3n) is 4.72. The van der Waals surface area contributed by atoms with Gasteiger partial charge in [-0.1, -0.05) is 6.42 Å². The summed E-state index contributed by atoms with van der Waals surface area (Å²) in [6.45, 7) is 2.15. The highest BCUT2D eigenvalue weighted by molar-refractivity contribution is 5.86. The number of aromatic nitrogens is 2. The van der Waals surface area contributed by atoms with Crippen LogP contribution >= 0.6 is 0 Å². The third-order valence-corrected chi connectivity index (χ3v) is 4.72. The monoisotopic (exact) mass is 227 g/mol. The summed E-state index contributed by atoms with van der Waals surface area (Å²) in [5, 5.41) is 4.98. The van der Waals surface area contributed by atoms with E-state index in [1.54, 1.807) is 5.56 Å². The van der Waals surface area contributed by atoms with Crippen molar-refractivity contribution in [3.05, 3.63) is 29.7 Å². The van der Waals surface area contributed by atoms with Crippen LogP contribution in [0.25, 0.3) is 10.9 Å². The molecule has 1 aliphatic heterocycles. The van der Waals surface area contributed by atoms with Gasteiger partial charge in [-0.3, -0.25) is 4.98 Å². The van der Waals surface area contributed by atoms with Gasteiger partial charge in [-0.05, 0) is 24.5 Å². The van der Waals surface area contributed by atoms with Gasteiger partial charge in [-0.15, -0.1) is 0 Å². The Morgan fingerprint density at radius 1 is 1.41 bits per heavy atom. The zero-order chi connectivity index (χ0) is 11.5. The molecule has 2 aliphatic rings. The van der Waals surface area contributed by atoms with Gasteiger partial charge in [0.2, 0.25) is 0 Å². The predicted octanol–water partition coefficient (Wildman–Crippen LogP) is 2.10. The number of aryl methyl sites for hydroxylation is 1. The molecule has 3 heterocycles. The second-order valence-electron chi connectivity index (χ2n) is 5.51. The molecule has 0 unspecified atom stereocenters. The Balaban J connectivity index is 2.09. The van der Waals surface area contributed by atoms with E-state index in [4.69, 9.17) is 0 Å². The standard InChI is InChI=1S/C14H17N3/c1-17-11-3-6-15-7-10(11)13-12(17)8-16-9-14(13)4-2-5-14/h3,6-7,16H,2,4-5,8-9H2,1H3. The Kier molecular flexibility index (Phi) is 1.76. The third kappa shape index (κ3) is 1.08. The summed E-state index contributed by atoms with van der Waals surface area (Å²) in [6.07, 6.45) is 7.99. The second-order valence-corrected chi connectivity index (χ2v) is 5.51. The Morgan fingerprint density at radius 2 is 2.29 bits per heavy atom. The fraction of sp³-hybridized carbons (Fsp3) is 0.500. The van der Waals surface area contributed by atoms with Crippen LogP contribution in [0, 0.1) is 0 Å². The van der Waals surface area contributed by atoms with E-state index in [2.05, 4.69) is 34.2 Å². The van der Waals surface area contributed by atoms with Crippen molar-refractivity contribution in [1.82, 2.24) is 14.9 Å². The zero-order valence-corrected chi connectivity index (χ0v) is 10.2. The van der Waals surface area contributed by atoms with Crippen LogP contribution in [0.1, 0.15) is 30.5 Å². The van der Waals surface area contributed by atoms with Gasteiger partial charge in [0, 0.05) is 49.0 Å². The first-order valence-electron chi connectivity index (χ1n) is 6.44. The number of nitrogens with one attached hydrogen (secondary N) is 1. The van der Waals surface area contributed by atoms with E-state index in [1.807, 2.05) is 6.20 Å². The van der Waals surface area contributed by atoms with Crippen LogP contribution in [0.4, 0.5) is 0 Å². The van der Waals surface area contributed by atoms with E-state index in [0.29, 0.717) is 5.41 Å². The fourth-order valence-electron chi connectivity index (χ4n) is 3.68. The molecule has 0 radical (unpaired) electrons. The summed E-state index contributed by atoms with van der Waals surface area (Å²) < 4.78 is 2.35. The molecule has 0 amide bonds. The molecule has 1 N–H and O–H groups in total. The summed E-state index contributed by atoms with van der Waals surface area (Å²) in [5.41, 5.74) is 4.81. The van der Waals surface area contributed by atoms with Gasteiger partial charge in [-0.2, -0.15) is 0 Å². The number of hydrogen-bond acceptors (Lipinski definition) is 2. The van der Waals surface area contributed by atoms with E-state index in [0.717, 1.165) is 13.1 Å². The van der Waals surface area contributed by atoms with Gasteiger partial charge in [-0.25, -0.2) is 0 Å². The molecule has 3 nitrogen and oxygen atoms in total. The van der Waals surface area contributed by atoms with E-state index >= 15 is 0 Å². The van der Waals surface area contributed by atoms with Gasteiger partial charge in [0.05, 0.1) is 5.52 Å². The molecule has 0 atom stereocenters. The van der Waals surface area contributed by atoms with Gasteiger partial charge in [0.25, 0.3) is 0 Å². The quantitative estimate of drug-likeness (QED) is 0.747. The molecule has 2 aromatic rings. The molecule has 1 spiro atoms. The SMILES string of the molecule is Cn1c2c(c3cnccc31)C1(CCC1)CNC2. The molecule has 1 fully saturated rings. The lowest BCUT2D eigenvalue weighted by Crippen LogP contribution is -2.47. The highest BCUT2D eigenvalue weighted by atomic mass is 15.0. The van der Waals surface area contributed by atoms with E-state index in [9.17, 15) is 0 Å². The molecule has 0 saturated heterocycles. The maximum Gasteiger partial charge on any atom is 0.0514 e. The van der Waals surface area contributed by atoms with Gasteiger partial charge in [0.1, 0.15) is 0 Å². The summed E-state index contributed by atoms with van der Waals surface area (Å²) in [4.78, 5) is 4.32. The number of rotatable bonds is 0. The van der Waals surface area contributed by atoms with E-state index in [1.165, 1.54) is 35.9 Å². The van der Waals surface area contributed by atoms with Crippen molar-refractivity contribution in [1.29, 1.82) is 0 Å². The minimum atomic E-state index is 0.413. The lowest BCUT2D eigenvalue weighted by Gasteiger charge is -2.45. The first kappa shape index (κ1) is 9.66. The van der Waals surface area contributed by atoms with Crippen molar-refractivity contribution in [2.75, 3.05) is 6.54 Å². The number of hydrogen-bond donors (Lipinski definition) is 1. The van der Waals surface area contributed by atoms with Crippen LogP contribution in [-0.4, -0.2) is 16.1 Å². The first-order chi connectivity index (χ1) is 8.32. The first-order valence-corrected chi connectivity index (χ1v) is 6.44. The molecule has 0 bridgehead atoms. The average Bonchev–Trinajstić information content (AvgIpc) is 2.62. The van der Waals surface area contributed by atoms with Crippen molar-refractivity contribution in [3.8, 4) is 0 Å². The molecule has 2 aromatic heterocycles. The van der Waals surface area contributed by atoms with E-state index in [-0.39, 0.29) is 0 Å². The number of fused-ring (bicyclic) bond motifs is 4. The van der Waals surface area contributed by atoms with Crippen molar-refractivity contribution in [2.45, 2.75) is 31.2 Å². The van der Waals surface area contributed by atoms with Crippen molar-refractivity contribution < 1.29 is 0 Å². The summed E-state index contributed by atoms with van der Waals surface area (Å²) >= 11 is 0. The van der Waals surface area contributed by atoms with Crippen LogP contribution in [0.2, 0.25) is 0 Å². The normalized spacial score (nSPS) is 21.5. The fourth-order valence-corrected chi connectivity index (χ4v) is 3.68. The Hall–Kier alpha value is -1.35. The lowest BCUT2D eigenvalue weighted by molar-refractivity contribution is 0.219. The summed E-state index contributed by atoms with van der Waals surface area (Å²) in [5.74, 6) is 0. The van der Waals surface area contributed by atoms with Gasteiger partial charge >= 0.3 is 0 Å². The van der Waals surface area contributed by atoms with Gasteiger partial charge < -0.3 is 9.88 Å². The Labute approximate surface area is 101 Å². The molecule has 4 rings (SSSR count). The zero-order valence-electron chi connectivity index (χ0n) is 10.2. The van der Waals surface area contributed by atoms with Crippen LogP contribution in [0.15, 0.2) is 18.5 Å². The largest absolute Gasteiger partial charge is 0.346 e. The molecule has 0 aromatic carbocycles. The highest BCUT2D eigenvalue weighted by Crippen LogP contribution is 2.49. The lowest BCUT2D eigenvalue weighted by atomic mass is 9.62. The molecule has 1 aliphatic carbocycles. The van der Waals surface area contributed by atoms with E-state index < -0.39 is 0 Å². The van der Waals surface area contributed by atoms with Crippen molar-refractivity contribution in [2.24, 2.45) is 7.05 Å². The molecule has 88 valence electrons. The number of pyridine rings is 1. The highest BCUT2D eigenvalue weighted by Gasteiger charge is 2.44. The molecule has 1 saturated carbocycles. The van der Waals surface area contributed by atoms with Gasteiger partial charge in [0.15, 0.2) is 0 Å². The average molecular weight is 227 g/mol. The minimum Gasteiger partial charge on any atom is -0.346 e. The summed E-state index contributed by atoms with van der Waals surface area (Å²) in [6, 6.07) is 2.14. The van der Waals surface area contributed by atoms with Crippen LogP contribution in [0.5, 0.6) is 0 Å². The predicted molar refractivity (Wildman–Crippen MR) is 67.9 cm³/mol. The molecule has 17 heavy (non-hydrogen) atoms. The Morgan fingerprint density at radius 3 is 3.06 bits per heavy atom. The number of nitrogens with zero attached hydrogens (tertiary/aromatic N) is 2. The van der Waals surface area contributed by atoms with Crippen LogP contribution < -0.4 is 5.32 Å². The maximum atomic E-state index is 4.32. The Bertz CT molecular complexity index is 593. The minimum absolute atomic E-state index is 0.413. The topological polar surface area (TPSA) is 29.9 Å². The molecular weight excluding hydrogens is 210 g/mol. The van der Waals surface area contributed by atoms with Crippen LogP contribution in [0.3, 0.4) is 0 Å². The van der Waals surface area contributed by atoms with Crippen molar-refractivity contribution in [3.63, 3.8) is 0 Å². The smallest absolute Gasteiger partial charge is 0.0514 e. The summed E-state index contributed by atoms with van der Waals surface area (Å²) in [7, 11) is 2.18. The maximum absolute atomic E-state index is 4.32.